The summed E-state index contributed by atoms with van der Waals surface area (Å²) in [6.07, 6.45) is 4.02. The van der Waals surface area contributed by atoms with Crippen molar-refractivity contribution in [1.82, 2.24) is 19.9 Å². The molecule has 1 N–H and O–H groups in total. The molecule has 7 nitrogen and oxygen atoms in total. The van der Waals surface area contributed by atoms with E-state index in [9.17, 15) is 9.18 Å². The Bertz CT molecular complexity index is 900. The Hall–Kier alpha value is -3.13. The van der Waals surface area contributed by atoms with E-state index < -0.39 is 11.7 Å². The molecule has 0 fully saturated rings. The zero-order chi connectivity index (χ0) is 17.8. The Morgan fingerprint density at radius 2 is 1.88 bits per heavy atom. The van der Waals surface area contributed by atoms with Crippen molar-refractivity contribution in [2.45, 2.75) is 0 Å². The minimum Gasteiger partial charge on any atom is -0.467 e. The summed E-state index contributed by atoms with van der Waals surface area (Å²) < 4.78 is 18.3. The predicted molar refractivity (Wildman–Crippen MR) is 89.0 cm³/mol. The Balaban J connectivity index is 1.83. The van der Waals surface area contributed by atoms with Gasteiger partial charge in [-0.05, 0) is 24.3 Å². The van der Waals surface area contributed by atoms with E-state index in [2.05, 4.69) is 25.3 Å². The molecule has 1 amide bonds. The zero-order valence-corrected chi connectivity index (χ0v) is 13.7. The number of hydrogen-bond donors (Lipinski definition) is 1. The topological polar surface area (TPSA) is 89.9 Å². The van der Waals surface area contributed by atoms with Crippen molar-refractivity contribution in [1.29, 1.82) is 0 Å². The van der Waals surface area contributed by atoms with Crippen LogP contribution in [0.25, 0.3) is 11.3 Å². The van der Waals surface area contributed by atoms with Crippen molar-refractivity contribution in [2.75, 3.05) is 12.4 Å². The second kappa shape index (κ2) is 7.18. The van der Waals surface area contributed by atoms with Crippen molar-refractivity contribution in [3.05, 3.63) is 59.5 Å². The molecule has 1 aromatic carbocycles. The monoisotopic (exact) mass is 359 g/mol. The van der Waals surface area contributed by atoms with E-state index in [-0.39, 0.29) is 16.7 Å². The Labute approximate surface area is 146 Å². The van der Waals surface area contributed by atoms with E-state index in [4.69, 9.17) is 16.3 Å². The van der Waals surface area contributed by atoms with Crippen molar-refractivity contribution >= 4 is 23.2 Å². The third kappa shape index (κ3) is 4.04. The normalized spacial score (nSPS) is 10.4. The number of benzene rings is 1. The number of aromatic nitrogens is 4. The third-order valence-electron chi connectivity index (χ3n) is 3.13. The molecular formula is C16H11ClFN5O2. The molecule has 0 spiro atoms. The van der Waals surface area contributed by atoms with Crippen LogP contribution >= 0.6 is 11.6 Å². The molecule has 3 aromatic rings. The molecule has 0 aliphatic carbocycles. The highest BCUT2D eigenvalue weighted by atomic mass is 35.5. The summed E-state index contributed by atoms with van der Waals surface area (Å²) in [5, 5.41) is 2.83. The Morgan fingerprint density at radius 3 is 2.56 bits per heavy atom. The molecule has 2 heterocycles. The maximum atomic E-state index is 13.5. The lowest BCUT2D eigenvalue weighted by molar-refractivity contribution is 0.102. The fourth-order valence-corrected chi connectivity index (χ4v) is 2.24. The van der Waals surface area contributed by atoms with Gasteiger partial charge in [0.25, 0.3) is 5.91 Å². The number of hydrogen-bond acceptors (Lipinski definition) is 6. The van der Waals surface area contributed by atoms with E-state index in [1.165, 1.54) is 44.0 Å². The Morgan fingerprint density at radius 1 is 1.12 bits per heavy atom. The molecule has 0 saturated heterocycles. The number of halogens is 2. The highest BCUT2D eigenvalue weighted by Crippen LogP contribution is 2.23. The molecule has 9 heteroatoms. The lowest BCUT2D eigenvalue weighted by atomic mass is 10.1. The van der Waals surface area contributed by atoms with Crippen LogP contribution in [0.4, 0.5) is 10.1 Å². The highest BCUT2D eigenvalue weighted by molar-refractivity contribution is 6.30. The molecule has 2 aromatic heterocycles. The van der Waals surface area contributed by atoms with Crippen LogP contribution in [-0.2, 0) is 0 Å². The molecule has 0 unspecified atom stereocenters. The van der Waals surface area contributed by atoms with Gasteiger partial charge in [0, 0.05) is 10.6 Å². The molecule has 0 aliphatic rings. The van der Waals surface area contributed by atoms with Crippen molar-refractivity contribution < 1.29 is 13.9 Å². The van der Waals surface area contributed by atoms with E-state index >= 15 is 0 Å². The molecule has 0 atom stereocenters. The maximum Gasteiger partial charge on any atom is 0.316 e. The number of methoxy groups -OCH3 is 1. The number of anilines is 1. The Kier molecular flexibility index (Phi) is 4.80. The first-order chi connectivity index (χ1) is 12.0. The number of rotatable bonds is 4. The van der Waals surface area contributed by atoms with Gasteiger partial charge in [-0.2, -0.15) is 0 Å². The van der Waals surface area contributed by atoms with Gasteiger partial charge in [-0.1, -0.05) is 11.6 Å². The molecule has 3 rings (SSSR count). The van der Waals surface area contributed by atoms with Gasteiger partial charge in [0.1, 0.15) is 17.8 Å². The summed E-state index contributed by atoms with van der Waals surface area (Å²) in [7, 11) is 1.44. The van der Waals surface area contributed by atoms with Gasteiger partial charge in [0.2, 0.25) is 0 Å². The van der Waals surface area contributed by atoms with Crippen LogP contribution in [0.3, 0.4) is 0 Å². The van der Waals surface area contributed by atoms with Gasteiger partial charge in [0.05, 0.1) is 30.9 Å². The number of nitrogens with zero attached hydrogens (tertiary/aromatic N) is 4. The van der Waals surface area contributed by atoms with Crippen LogP contribution in [-0.4, -0.2) is 33.0 Å². The number of carbonyl (C=O) groups excluding carboxylic acids is 1. The van der Waals surface area contributed by atoms with Crippen molar-refractivity contribution in [3.8, 4) is 17.3 Å². The predicted octanol–water partition coefficient (Wildman–Crippen LogP) is 2.99. The van der Waals surface area contributed by atoms with E-state index in [1.807, 2.05) is 0 Å². The van der Waals surface area contributed by atoms with E-state index in [0.717, 1.165) is 0 Å². The molecule has 126 valence electrons. The van der Waals surface area contributed by atoms with Gasteiger partial charge in [-0.15, -0.1) is 0 Å². The standard InChI is InChI=1S/C16H11ClFN5O2/c1-25-16-19-6-12(7-20-16)23-15(24)14-5-13(21-8-22-14)9-2-10(17)4-11(18)3-9/h2-8H,1H3,(H,23,24). The van der Waals surface area contributed by atoms with Crippen LogP contribution in [0.1, 0.15) is 10.5 Å². The number of carbonyl (C=O) groups is 1. The third-order valence-corrected chi connectivity index (χ3v) is 3.34. The highest BCUT2D eigenvalue weighted by Gasteiger charge is 2.12. The zero-order valence-electron chi connectivity index (χ0n) is 12.9. The summed E-state index contributed by atoms with van der Waals surface area (Å²) in [4.78, 5) is 28.1. The van der Waals surface area contributed by atoms with Gasteiger partial charge >= 0.3 is 6.01 Å². The number of ether oxygens (including phenoxy) is 1. The van der Waals surface area contributed by atoms with Gasteiger partial charge < -0.3 is 10.1 Å². The lowest BCUT2D eigenvalue weighted by Crippen LogP contribution is -2.14. The molecule has 25 heavy (non-hydrogen) atoms. The second-order valence-electron chi connectivity index (χ2n) is 4.86. The smallest absolute Gasteiger partial charge is 0.316 e. The van der Waals surface area contributed by atoms with Gasteiger partial charge in [0.15, 0.2) is 0 Å². The molecule has 0 aliphatic heterocycles. The lowest BCUT2D eigenvalue weighted by Gasteiger charge is -2.06. The molecule has 0 bridgehead atoms. The number of amides is 1. The largest absolute Gasteiger partial charge is 0.467 e. The first-order valence-corrected chi connectivity index (χ1v) is 7.39. The summed E-state index contributed by atoms with van der Waals surface area (Å²) >= 11 is 5.85. The minimum atomic E-state index is -0.498. The molecule has 0 radical (unpaired) electrons. The quantitative estimate of drug-likeness (QED) is 0.770. The van der Waals surface area contributed by atoms with E-state index in [0.29, 0.717) is 16.9 Å². The van der Waals surface area contributed by atoms with Gasteiger partial charge in [-0.3, -0.25) is 4.79 Å². The van der Waals surface area contributed by atoms with Crippen molar-refractivity contribution in [2.24, 2.45) is 0 Å². The first kappa shape index (κ1) is 16.7. The molecular weight excluding hydrogens is 349 g/mol. The number of nitrogens with one attached hydrogen (secondary N) is 1. The first-order valence-electron chi connectivity index (χ1n) is 7.01. The molecule has 0 saturated carbocycles. The van der Waals surface area contributed by atoms with Crippen LogP contribution in [0.5, 0.6) is 6.01 Å². The van der Waals surface area contributed by atoms with Crippen LogP contribution in [0.2, 0.25) is 5.02 Å². The van der Waals surface area contributed by atoms with Gasteiger partial charge in [-0.25, -0.2) is 24.3 Å². The SMILES string of the molecule is COc1ncc(NC(=O)c2cc(-c3cc(F)cc(Cl)c3)ncn2)cn1. The summed E-state index contributed by atoms with van der Waals surface area (Å²) in [5.74, 6) is -0.984. The van der Waals surface area contributed by atoms with Crippen LogP contribution in [0, 0.1) is 5.82 Å². The summed E-state index contributed by atoms with van der Waals surface area (Å²) in [5.41, 5.74) is 1.28. The second-order valence-corrected chi connectivity index (χ2v) is 5.30. The van der Waals surface area contributed by atoms with Crippen molar-refractivity contribution in [3.63, 3.8) is 0 Å². The average molecular weight is 360 g/mol. The maximum absolute atomic E-state index is 13.5. The average Bonchev–Trinajstić information content (AvgIpc) is 2.61. The minimum absolute atomic E-state index is 0.0983. The fourth-order valence-electron chi connectivity index (χ4n) is 2.02. The summed E-state index contributed by atoms with van der Waals surface area (Å²) in [6, 6.07) is 5.62. The summed E-state index contributed by atoms with van der Waals surface area (Å²) in [6.45, 7) is 0. The van der Waals surface area contributed by atoms with Crippen LogP contribution < -0.4 is 10.1 Å². The fraction of sp³-hybridized carbons (Fsp3) is 0.0625. The van der Waals surface area contributed by atoms with Crippen LogP contribution in [0.15, 0.2) is 43.0 Å². The van der Waals surface area contributed by atoms with E-state index in [1.54, 1.807) is 6.07 Å².